The number of hydrogen-bond acceptors (Lipinski definition) is 3. The van der Waals surface area contributed by atoms with Crippen molar-refractivity contribution >= 4 is 17.5 Å². The maximum Gasteiger partial charge on any atom is 0.273 e. The minimum absolute atomic E-state index is 0.0136. The third kappa shape index (κ3) is 2.15. The number of carbonyl (C=O) groups is 1. The number of rotatable bonds is 1. The molecule has 1 atom stereocenters. The first-order valence-corrected chi connectivity index (χ1v) is 7.18. The minimum Gasteiger partial charge on any atom is -0.334 e. The molecule has 0 aliphatic carbocycles. The lowest BCUT2D eigenvalue weighted by Crippen LogP contribution is -2.52. The Hall–Kier alpha value is -1.07. The van der Waals surface area contributed by atoms with Crippen molar-refractivity contribution in [2.75, 3.05) is 26.2 Å². The van der Waals surface area contributed by atoms with Crippen molar-refractivity contribution in [1.82, 2.24) is 19.6 Å². The van der Waals surface area contributed by atoms with Gasteiger partial charge >= 0.3 is 0 Å². The summed E-state index contributed by atoms with van der Waals surface area (Å²) in [6.45, 7) is 5.59. The molecular weight excluding hydrogens is 264 g/mol. The van der Waals surface area contributed by atoms with Crippen LogP contribution in [-0.2, 0) is 7.05 Å². The van der Waals surface area contributed by atoms with Crippen LogP contribution in [-0.4, -0.2) is 57.7 Å². The van der Waals surface area contributed by atoms with Crippen LogP contribution in [0.25, 0.3) is 0 Å². The van der Waals surface area contributed by atoms with Gasteiger partial charge in [0.05, 0.1) is 10.7 Å². The fraction of sp³-hybridized carbons (Fsp3) is 0.692. The quantitative estimate of drug-likeness (QED) is 0.780. The van der Waals surface area contributed by atoms with Crippen molar-refractivity contribution in [3.05, 3.63) is 16.4 Å². The predicted octanol–water partition coefficient (Wildman–Crippen LogP) is 1.30. The highest BCUT2D eigenvalue weighted by Gasteiger charge is 2.34. The molecule has 2 saturated heterocycles. The molecule has 0 N–H and O–H groups in total. The summed E-state index contributed by atoms with van der Waals surface area (Å²) in [6.07, 6.45) is 2.44. The summed E-state index contributed by atoms with van der Waals surface area (Å²) < 4.78 is 1.60. The molecule has 0 bridgehead atoms. The molecule has 3 heterocycles. The number of hydrogen-bond donors (Lipinski definition) is 0. The van der Waals surface area contributed by atoms with E-state index >= 15 is 0 Å². The molecule has 2 fully saturated rings. The molecule has 0 aromatic carbocycles. The van der Waals surface area contributed by atoms with Gasteiger partial charge in [0.25, 0.3) is 5.91 Å². The molecule has 5 nitrogen and oxygen atoms in total. The molecule has 2 aliphatic heterocycles. The predicted molar refractivity (Wildman–Crippen MR) is 73.5 cm³/mol. The van der Waals surface area contributed by atoms with Crippen LogP contribution in [0, 0.1) is 6.92 Å². The van der Waals surface area contributed by atoms with E-state index in [4.69, 9.17) is 11.6 Å². The highest BCUT2D eigenvalue weighted by Crippen LogP contribution is 2.25. The smallest absolute Gasteiger partial charge is 0.273 e. The molecule has 3 rings (SSSR count). The molecule has 0 unspecified atom stereocenters. The molecule has 2 aliphatic rings. The van der Waals surface area contributed by atoms with Crippen molar-refractivity contribution in [2.45, 2.75) is 25.8 Å². The summed E-state index contributed by atoms with van der Waals surface area (Å²) in [5.41, 5.74) is 1.23. The Bertz CT molecular complexity index is 513. The van der Waals surface area contributed by atoms with E-state index in [-0.39, 0.29) is 5.91 Å². The Kier molecular flexibility index (Phi) is 3.27. The zero-order valence-electron chi connectivity index (χ0n) is 11.4. The third-order valence-electron chi connectivity index (χ3n) is 4.23. The average molecular weight is 283 g/mol. The maximum atomic E-state index is 12.6. The number of piperazine rings is 1. The normalized spacial score (nSPS) is 23.7. The van der Waals surface area contributed by atoms with Crippen LogP contribution < -0.4 is 0 Å². The van der Waals surface area contributed by atoms with Crippen molar-refractivity contribution in [3.8, 4) is 0 Å². The first-order valence-electron chi connectivity index (χ1n) is 6.80. The second kappa shape index (κ2) is 4.80. The summed E-state index contributed by atoms with van der Waals surface area (Å²) in [4.78, 5) is 17.0. The number of amides is 1. The number of aryl methyl sites for hydroxylation is 2. The Morgan fingerprint density at radius 3 is 2.84 bits per heavy atom. The van der Waals surface area contributed by atoms with Crippen molar-refractivity contribution in [3.63, 3.8) is 0 Å². The lowest BCUT2D eigenvalue weighted by molar-refractivity contribution is 0.0561. The van der Waals surface area contributed by atoms with Crippen molar-refractivity contribution < 1.29 is 4.79 Å². The Labute approximate surface area is 118 Å². The fourth-order valence-electron chi connectivity index (χ4n) is 3.19. The van der Waals surface area contributed by atoms with Gasteiger partial charge in [0, 0.05) is 32.7 Å². The molecule has 19 heavy (non-hydrogen) atoms. The molecule has 0 saturated carbocycles. The zero-order valence-corrected chi connectivity index (χ0v) is 12.2. The van der Waals surface area contributed by atoms with Crippen LogP contribution in [0.2, 0.25) is 5.02 Å². The van der Waals surface area contributed by atoms with Gasteiger partial charge in [-0.25, -0.2) is 0 Å². The largest absolute Gasteiger partial charge is 0.334 e. The van der Waals surface area contributed by atoms with Crippen LogP contribution >= 0.6 is 11.6 Å². The van der Waals surface area contributed by atoms with Gasteiger partial charge in [-0.05, 0) is 26.3 Å². The topological polar surface area (TPSA) is 41.4 Å². The van der Waals surface area contributed by atoms with E-state index in [0.717, 1.165) is 19.6 Å². The van der Waals surface area contributed by atoms with Crippen molar-refractivity contribution in [1.29, 1.82) is 0 Å². The summed E-state index contributed by atoms with van der Waals surface area (Å²) in [5, 5.41) is 4.71. The van der Waals surface area contributed by atoms with Gasteiger partial charge < -0.3 is 4.90 Å². The van der Waals surface area contributed by atoms with Gasteiger partial charge in [-0.3, -0.25) is 14.4 Å². The lowest BCUT2D eigenvalue weighted by Gasteiger charge is -2.37. The van der Waals surface area contributed by atoms with Crippen molar-refractivity contribution in [2.24, 2.45) is 7.05 Å². The standard InChI is InChI=1S/C13H19ClN4O/c1-9-11(14)12(16(2)15-9)13(19)18-7-6-17-5-3-4-10(17)8-18/h10H,3-8H2,1-2H3/t10-/m0/s1. The summed E-state index contributed by atoms with van der Waals surface area (Å²) in [5.74, 6) is 0.0136. The highest BCUT2D eigenvalue weighted by molar-refractivity contribution is 6.34. The van der Waals surface area contributed by atoms with Crippen LogP contribution in [0.1, 0.15) is 29.0 Å². The van der Waals surface area contributed by atoms with Gasteiger partial charge in [0.2, 0.25) is 0 Å². The lowest BCUT2D eigenvalue weighted by atomic mass is 10.1. The zero-order chi connectivity index (χ0) is 13.6. The van der Waals surface area contributed by atoms with E-state index in [1.54, 1.807) is 11.7 Å². The molecule has 104 valence electrons. The van der Waals surface area contributed by atoms with E-state index in [2.05, 4.69) is 10.00 Å². The van der Waals surface area contributed by atoms with Crippen LogP contribution in [0.3, 0.4) is 0 Å². The van der Waals surface area contributed by atoms with Crippen LogP contribution in [0.4, 0.5) is 0 Å². The number of carbonyl (C=O) groups excluding carboxylic acids is 1. The first-order chi connectivity index (χ1) is 9.08. The molecule has 6 heteroatoms. The summed E-state index contributed by atoms with van der Waals surface area (Å²) in [6, 6.07) is 0.533. The van der Waals surface area contributed by atoms with E-state index < -0.39 is 0 Å². The maximum absolute atomic E-state index is 12.6. The number of fused-ring (bicyclic) bond motifs is 1. The summed E-state index contributed by atoms with van der Waals surface area (Å²) in [7, 11) is 1.78. The molecule has 0 radical (unpaired) electrons. The second-order valence-electron chi connectivity index (χ2n) is 5.45. The number of aromatic nitrogens is 2. The molecule has 1 amide bonds. The third-order valence-corrected chi connectivity index (χ3v) is 4.68. The van der Waals surface area contributed by atoms with Crippen LogP contribution in [0.5, 0.6) is 0 Å². The first kappa shape index (κ1) is 12.9. The fourth-order valence-corrected chi connectivity index (χ4v) is 3.43. The summed E-state index contributed by atoms with van der Waals surface area (Å²) >= 11 is 6.20. The van der Waals surface area contributed by atoms with Gasteiger partial charge in [0.15, 0.2) is 0 Å². The Balaban J connectivity index is 1.80. The molecule has 0 spiro atoms. The Morgan fingerprint density at radius 2 is 2.16 bits per heavy atom. The van der Waals surface area contributed by atoms with E-state index in [0.29, 0.717) is 22.5 Å². The molecule has 1 aromatic heterocycles. The average Bonchev–Trinajstić information content (AvgIpc) is 2.94. The minimum atomic E-state index is 0.0136. The molecule has 1 aromatic rings. The van der Waals surface area contributed by atoms with E-state index in [1.807, 2.05) is 11.8 Å². The van der Waals surface area contributed by atoms with Gasteiger partial charge in [-0.15, -0.1) is 0 Å². The second-order valence-corrected chi connectivity index (χ2v) is 5.83. The Morgan fingerprint density at radius 1 is 1.37 bits per heavy atom. The monoisotopic (exact) mass is 282 g/mol. The number of nitrogens with zero attached hydrogens (tertiary/aromatic N) is 4. The molecular formula is C13H19ClN4O. The highest BCUT2D eigenvalue weighted by atomic mass is 35.5. The van der Waals surface area contributed by atoms with Gasteiger partial charge in [-0.2, -0.15) is 5.10 Å². The van der Waals surface area contributed by atoms with Gasteiger partial charge in [0.1, 0.15) is 5.69 Å². The van der Waals surface area contributed by atoms with E-state index in [9.17, 15) is 4.79 Å². The SMILES string of the molecule is Cc1nn(C)c(C(=O)N2CCN3CCC[C@H]3C2)c1Cl. The van der Waals surface area contributed by atoms with Crippen LogP contribution in [0.15, 0.2) is 0 Å². The van der Waals surface area contributed by atoms with Gasteiger partial charge in [-0.1, -0.05) is 11.6 Å². The number of halogens is 1. The van der Waals surface area contributed by atoms with E-state index in [1.165, 1.54) is 19.4 Å².